The lowest BCUT2D eigenvalue weighted by atomic mass is 9.73. The molecule has 1 atom stereocenters. The van der Waals surface area contributed by atoms with Crippen LogP contribution in [-0.2, 0) is 6.54 Å². The van der Waals surface area contributed by atoms with Gasteiger partial charge in [-0.25, -0.2) is 0 Å². The summed E-state index contributed by atoms with van der Waals surface area (Å²) in [7, 11) is 0. The first-order valence-electron chi connectivity index (χ1n) is 6.75. The molecule has 3 fully saturated rings. The molecule has 1 N–H and O–H groups in total. The first-order valence-corrected chi connectivity index (χ1v) is 6.75. The molecule has 3 heterocycles. The quantitative estimate of drug-likeness (QED) is 0.876. The molecule has 2 bridgehead atoms. The summed E-state index contributed by atoms with van der Waals surface area (Å²) in [5.41, 5.74) is 0.926. The normalized spacial score (nSPS) is 34.2. The highest BCUT2D eigenvalue weighted by atomic mass is 15.2. The van der Waals surface area contributed by atoms with E-state index in [1.807, 2.05) is 18.2 Å². The Kier molecular flexibility index (Phi) is 3.07. The van der Waals surface area contributed by atoms with Crippen LogP contribution in [0.5, 0.6) is 0 Å². The monoisotopic (exact) mass is 241 g/mol. The number of rotatable bonds is 3. The van der Waals surface area contributed by atoms with Gasteiger partial charge in [0.05, 0.1) is 6.07 Å². The van der Waals surface area contributed by atoms with E-state index in [1.165, 1.54) is 18.7 Å². The summed E-state index contributed by atoms with van der Waals surface area (Å²) in [5, 5.41) is 13.1. The highest BCUT2D eigenvalue weighted by molar-refractivity contribution is 5.20. The second kappa shape index (κ2) is 4.72. The van der Waals surface area contributed by atoms with Crippen LogP contribution in [-0.4, -0.2) is 30.1 Å². The summed E-state index contributed by atoms with van der Waals surface area (Å²) in [6.07, 6.45) is 2.32. The average Bonchev–Trinajstić information content (AvgIpc) is 2.47. The molecule has 3 aliphatic heterocycles. The van der Waals surface area contributed by atoms with E-state index in [-0.39, 0.29) is 5.54 Å². The Morgan fingerprint density at radius 3 is 2.56 bits per heavy atom. The van der Waals surface area contributed by atoms with Gasteiger partial charge in [-0.15, -0.1) is 0 Å². The molecule has 1 aromatic carbocycles. The zero-order valence-electron chi connectivity index (χ0n) is 10.6. The van der Waals surface area contributed by atoms with Crippen molar-refractivity contribution in [1.82, 2.24) is 10.2 Å². The molecule has 4 rings (SSSR count). The predicted octanol–water partition coefficient (Wildman–Crippen LogP) is 1.76. The van der Waals surface area contributed by atoms with Gasteiger partial charge < -0.3 is 4.90 Å². The van der Waals surface area contributed by atoms with Crippen LogP contribution in [0.2, 0.25) is 0 Å². The molecule has 3 saturated heterocycles. The Morgan fingerprint density at radius 2 is 2.00 bits per heavy atom. The van der Waals surface area contributed by atoms with Crippen LogP contribution in [0.3, 0.4) is 0 Å². The summed E-state index contributed by atoms with van der Waals surface area (Å²) in [6.45, 7) is 4.02. The Bertz CT molecular complexity index is 443. The molecule has 0 aromatic heterocycles. The number of benzene rings is 1. The lowest BCUT2D eigenvalue weighted by Crippen LogP contribution is -2.64. The molecule has 0 aliphatic carbocycles. The zero-order valence-corrected chi connectivity index (χ0v) is 10.6. The van der Waals surface area contributed by atoms with Crippen molar-refractivity contribution in [2.45, 2.75) is 24.9 Å². The van der Waals surface area contributed by atoms with Gasteiger partial charge in [0.2, 0.25) is 0 Å². The van der Waals surface area contributed by atoms with Crippen molar-refractivity contribution >= 4 is 0 Å². The highest BCUT2D eigenvalue weighted by Crippen LogP contribution is 2.35. The van der Waals surface area contributed by atoms with Crippen molar-refractivity contribution in [3.05, 3.63) is 35.9 Å². The molecule has 18 heavy (non-hydrogen) atoms. The lowest BCUT2D eigenvalue weighted by Gasteiger charge is -2.50. The third-order valence-electron chi connectivity index (χ3n) is 4.41. The van der Waals surface area contributed by atoms with Gasteiger partial charge in [0.1, 0.15) is 5.54 Å². The van der Waals surface area contributed by atoms with Crippen LogP contribution in [0.4, 0.5) is 0 Å². The minimum atomic E-state index is -0.327. The molecule has 0 amide bonds. The number of nitrogens with one attached hydrogen (secondary N) is 1. The molecule has 1 aromatic rings. The van der Waals surface area contributed by atoms with Gasteiger partial charge in [-0.2, -0.15) is 5.26 Å². The SMILES string of the molecule is N#C[C@]1(NCc2ccccc2)CN2CCC1CC2. The van der Waals surface area contributed by atoms with E-state index >= 15 is 0 Å². The predicted molar refractivity (Wildman–Crippen MR) is 70.8 cm³/mol. The maximum atomic E-state index is 9.60. The van der Waals surface area contributed by atoms with Gasteiger partial charge in [0, 0.05) is 13.1 Å². The molecule has 3 heteroatoms. The van der Waals surface area contributed by atoms with Gasteiger partial charge in [0.25, 0.3) is 0 Å². The third kappa shape index (κ3) is 2.03. The molecule has 94 valence electrons. The van der Waals surface area contributed by atoms with E-state index in [4.69, 9.17) is 0 Å². The minimum Gasteiger partial charge on any atom is -0.300 e. The van der Waals surface area contributed by atoms with Gasteiger partial charge >= 0.3 is 0 Å². The molecule has 0 spiro atoms. The summed E-state index contributed by atoms with van der Waals surface area (Å²) in [4.78, 5) is 2.42. The summed E-state index contributed by atoms with van der Waals surface area (Å²) < 4.78 is 0. The smallest absolute Gasteiger partial charge is 0.122 e. The molecule has 3 nitrogen and oxygen atoms in total. The Labute approximate surface area is 108 Å². The molecule has 0 saturated carbocycles. The van der Waals surface area contributed by atoms with E-state index < -0.39 is 0 Å². The Hall–Kier alpha value is -1.37. The minimum absolute atomic E-state index is 0.327. The Morgan fingerprint density at radius 1 is 1.28 bits per heavy atom. The van der Waals surface area contributed by atoms with Crippen molar-refractivity contribution < 1.29 is 0 Å². The van der Waals surface area contributed by atoms with Crippen LogP contribution < -0.4 is 5.32 Å². The highest BCUT2D eigenvalue weighted by Gasteiger charge is 2.46. The van der Waals surface area contributed by atoms with Gasteiger partial charge in [-0.1, -0.05) is 30.3 Å². The second-order valence-corrected chi connectivity index (χ2v) is 5.47. The topological polar surface area (TPSA) is 39.1 Å². The molecule has 0 radical (unpaired) electrons. The van der Waals surface area contributed by atoms with Crippen molar-refractivity contribution in [2.24, 2.45) is 5.92 Å². The van der Waals surface area contributed by atoms with Crippen molar-refractivity contribution in [3.8, 4) is 6.07 Å². The lowest BCUT2D eigenvalue weighted by molar-refractivity contribution is 0.0360. The zero-order chi connectivity index (χ0) is 12.4. The fourth-order valence-corrected chi connectivity index (χ4v) is 3.29. The van der Waals surface area contributed by atoms with Crippen LogP contribution >= 0.6 is 0 Å². The van der Waals surface area contributed by atoms with Crippen molar-refractivity contribution in [1.29, 1.82) is 5.26 Å². The molecule has 3 aliphatic rings. The molecular formula is C15H19N3. The maximum absolute atomic E-state index is 9.60. The van der Waals surface area contributed by atoms with E-state index in [9.17, 15) is 5.26 Å². The van der Waals surface area contributed by atoms with E-state index in [1.54, 1.807) is 0 Å². The number of piperidine rings is 3. The number of hydrogen-bond donors (Lipinski definition) is 1. The average molecular weight is 241 g/mol. The maximum Gasteiger partial charge on any atom is 0.122 e. The van der Waals surface area contributed by atoms with Crippen molar-refractivity contribution in [2.75, 3.05) is 19.6 Å². The first kappa shape index (κ1) is 11.7. The van der Waals surface area contributed by atoms with E-state index in [0.717, 1.165) is 25.9 Å². The van der Waals surface area contributed by atoms with Gasteiger partial charge in [-0.3, -0.25) is 5.32 Å². The molecule has 0 unspecified atom stereocenters. The standard InChI is InChI=1S/C15H19N3/c16-11-15(12-18-8-6-14(15)7-9-18)17-10-13-4-2-1-3-5-13/h1-5,14,17H,6-10,12H2/t15-/m0/s1. The van der Waals surface area contributed by atoms with Crippen molar-refractivity contribution in [3.63, 3.8) is 0 Å². The van der Waals surface area contributed by atoms with Crippen LogP contribution in [0.25, 0.3) is 0 Å². The first-order chi connectivity index (χ1) is 8.82. The van der Waals surface area contributed by atoms with Gasteiger partial charge in [0.15, 0.2) is 0 Å². The second-order valence-electron chi connectivity index (χ2n) is 5.47. The fraction of sp³-hybridized carbons (Fsp3) is 0.533. The van der Waals surface area contributed by atoms with Crippen LogP contribution in [0.1, 0.15) is 18.4 Å². The molecular weight excluding hydrogens is 222 g/mol. The van der Waals surface area contributed by atoms with Gasteiger partial charge in [-0.05, 0) is 37.4 Å². The number of nitriles is 1. The number of nitrogens with zero attached hydrogens (tertiary/aromatic N) is 2. The Balaban J connectivity index is 1.72. The number of fused-ring (bicyclic) bond motifs is 3. The van der Waals surface area contributed by atoms with E-state index in [2.05, 4.69) is 28.4 Å². The third-order valence-corrected chi connectivity index (χ3v) is 4.41. The summed E-state index contributed by atoms with van der Waals surface area (Å²) >= 11 is 0. The van der Waals surface area contributed by atoms with Crippen LogP contribution in [0, 0.1) is 17.2 Å². The largest absolute Gasteiger partial charge is 0.300 e. The fourth-order valence-electron chi connectivity index (χ4n) is 3.29. The van der Waals surface area contributed by atoms with E-state index in [0.29, 0.717) is 5.92 Å². The van der Waals surface area contributed by atoms with Crippen LogP contribution in [0.15, 0.2) is 30.3 Å². The summed E-state index contributed by atoms with van der Waals surface area (Å²) in [5.74, 6) is 0.524. The number of hydrogen-bond acceptors (Lipinski definition) is 3. The summed E-state index contributed by atoms with van der Waals surface area (Å²) in [6, 6.07) is 12.9.